The first kappa shape index (κ1) is 34.3. The molecular formula is C31H33Cl2N5O5S. The Morgan fingerprint density at radius 3 is 2.27 bits per heavy atom. The Kier molecular flexibility index (Phi) is 12.1. The van der Waals surface area contributed by atoms with Crippen molar-refractivity contribution in [3.8, 4) is 5.75 Å². The summed E-state index contributed by atoms with van der Waals surface area (Å²) in [6.45, 7) is 2.48. The number of carbonyl (C=O) groups excluding carboxylic acids is 1. The first-order valence-corrected chi connectivity index (χ1v) is 14.8. The molecule has 0 spiro atoms. The molecular weight excluding hydrogens is 625 g/mol. The maximum atomic E-state index is 14.1. The number of anilines is 2. The molecule has 2 aromatic heterocycles. The van der Waals surface area contributed by atoms with E-state index >= 15 is 0 Å². The molecule has 4 aromatic rings. The van der Waals surface area contributed by atoms with Gasteiger partial charge in [0.15, 0.2) is 12.4 Å². The Labute approximate surface area is 269 Å². The molecule has 0 N–H and O–H groups in total. The van der Waals surface area contributed by atoms with E-state index in [4.69, 9.17) is 4.74 Å². The fourth-order valence-electron chi connectivity index (χ4n) is 4.75. The van der Waals surface area contributed by atoms with E-state index in [1.807, 2.05) is 23.2 Å². The van der Waals surface area contributed by atoms with Gasteiger partial charge in [0.05, 0.1) is 36.1 Å². The summed E-state index contributed by atoms with van der Waals surface area (Å²) in [6.07, 6.45) is 9.79. The first-order valence-electron chi connectivity index (χ1n) is 13.4. The number of methoxy groups -OCH3 is 1. The molecule has 5 rings (SSSR count). The van der Waals surface area contributed by atoms with Crippen LogP contribution in [0.5, 0.6) is 5.75 Å². The second-order valence-corrected chi connectivity index (χ2v) is 11.5. The Bertz CT molecular complexity index is 1650. The van der Waals surface area contributed by atoms with Gasteiger partial charge < -0.3 is 14.8 Å². The van der Waals surface area contributed by atoms with Gasteiger partial charge >= 0.3 is 0 Å². The van der Waals surface area contributed by atoms with Crippen molar-refractivity contribution < 1.29 is 22.7 Å². The van der Waals surface area contributed by atoms with Gasteiger partial charge in [0.2, 0.25) is 0 Å². The van der Waals surface area contributed by atoms with E-state index in [1.165, 1.54) is 31.6 Å². The number of hydrogen-bond donors (Lipinski definition) is 0. The van der Waals surface area contributed by atoms with Gasteiger partial charge in [-0.15, -0.1) is 24.8 Å². The van der Waals surface area contributed by atoms with Crippen molar-refractivity contribution in [2.45, 2.75) is 4.90 Å². The molecule has 232 valence electrons. The van der Waals surface area contributed by atoms with Crippen LogP contribution in [0, 0.1) is 5.21 Å². The summed E-state index contributed by atoms with van der Waals surface area (Å²) >= 11 is 0. The largest absolute Gasteiger partial charge is 0.619 e. The third kappa shape index (κ3) is 8.06. The van der Waals surface area contributed by atoms with Crippen LogP contribution in [0.15, 0.2) is 102 Å². The highest BCUT2D eigenvalue weighted by Gasteiger charge is 2.33. The minimum Gasteiger partial charge on any atom is -0.619 e. The number of benzene rings is 2. The molecule has 0 radical (unpaired) electrons. The summed E-state index contributed by atoms with van der Waals surface area (Å²) in [6, 6.07) is 20.0. The minimum absolute atomic E-state index is 0. The molecule has 0 atom stereocenters. The van der Waals surface area contributed by atoms with E-state index in [1.54, 1.807) is 66.9 Å². The van der Waals surface area contributed by atoms with Crippen LogP contribution >= 0.6 is 24.8 Å². The van der Waals surface area contributed by atoms with Crippen LogP contribution in [0.3, 0.4) is 0 Å². The number of halogens is 2. The summed E-state index contributed by atoms with van der Waals surface area (Å²) in [7, 11) is -2.79. The van der Waals surface area contributed by atoms with Crippen molar-refractivity contribution in [2.75, 3.05) is 49.0 Å². The predicted octanol–water partition coefficient (Wildman–Crippen LogP) is 4.28. The Morgan fingerprint density at radius 1 is 0.955 bits per heavy atom. The second-order valence-electron chi connectivity index (χ2n) is 9.70. The summed E-state index contributed by atoms with van der Waals surface area (Å²) in [5, 5.41) is 11.4. The molecule has 1 aliphatic rings. The number of amides is 1. The lowest BCUT2D eigenvalue weighted by Crippen LogP contribution is -2.51. The normalized spacial score (nSPS) is 13.5. The lowest BCUT2D eigenvalue weighted by molar-refractivity contribution is -0.605. The van der Waals surface area contributed by atoms with Crippen LogP contribution in [-0.4, -0.2) is 64.0 Å². The van der Waals surface area contributed by atoms with Crippen molar-refractivity contribution in [3.63, 3.8) is 0 Å². The summed E-state index contributed by atoms with van der Waals surface area (Å²) in [5.41, 5.74) is 2.53. The molecule has 0 unspecified atom stereocenters. The zero-order valence-corrected chi connectivity index (χ0v) is 26.4. The number of ether oxygens (including phenoxy) is 1. The number of sulfonamides is 1. The average Bonchev–Trinajstić information content (AvgIpc) is 3.02. The summed E-state index contributed by atoms with van der Waals surface area (Å²) < 4.78 is 35.0. The monoisotopic (exact) mass is 657 g/mol. The number of piperazine rings is 1. The van der Waals surface area contributed by atoms with Crippen LogP contribution in [0.25, 0.3) is 12.2 Å². The van der Waals surface area contributed by atoms with E-state index in [2.05, 4.69) is 9.88 Å². The standard InChI is InChI=1S/C31H31N5O5S.2ClH/c1-41-28-10-12-29(13-11-28)42(39,40)36(30-7-3-2-5-26(30)9-8-25-14-17-35(38)18-15-25)31(37)24-33-19-21-34(22-20-33)27-6-4-16-32-23-27;;/h2-18,23H,19-22,24H2,1H3;2*1H/b9-8+;;. The summed E-state index contributed by atoms with van der Waals surface area (Å²) in [4.78, 5) is 22.3. The second kappa shape index (κ2) is 15.5. The van der Waals surface area contributed by atoms with Crippen LogP contribution in [0.1, 0.15) is 11.1 Å². The minimum atomic E-state index is -4.29. The van der Waals surface area contributed by atoms with Gasteiger partial charge in [-0.05, 0) is 53.6 Å². The SMILES string of the molecule is COc1ccc(S(=O)(=O)N(C(=O)CN2CCN(c3cccnc3)CC2)c2ccccc2/C=C/c2cc[n+]([O-])cc2)cc1.Cl.Cl. The lowest BCUT2D eigenvalue weighted by atomic mass is 10.1. The maximum absolute atomic E-state index is 14.1. The smallest absolute Gasteiger partial charge is 0.270 e. The van der Waals surface area contributed by atoms with E-state index in [0.717, 1.165) is 15.6 Å². The van der Waals surface area contributed by atoms with E-state index in [9.17, 15) is 18.4 Å². The fourth-order valence-corrected chi connectivity index (χ4v) is 6.19. The van der Waals surface area contributed by atoms with Crippen LogP contribution in [0.4, 0.5) is 11.4 Å². The third-order valence-electron chi connectivity index (χ3n) is 7.01. The molecule has 2 aromatic carbocycles. The van der Waals surface area contributed by atoms with Gasteiger partial charge in [-0.25, -0.2) is 12.7 Å². The lowest BCUT2D eigenvalue weighted by Gasteiger charge is -2.36. The number of aromatic nitrogens is 2. The number of pyridine rings is 2. The number of para-hydroxylation sites is 1. The topological polar surface area (TPSA) is 110 Å². The van der Waals surface area contributed by atoms with Crippen molar-refractivity contribution >= 4 is 64.3 Å². The zero-order valence-electron chi connectivity index (χ0n) is 23.9. The number of carbonyl (C=O) groups is 1. The Morgan fingerprint density at radius 2 is 1.64 bits per heavy atom. The molecule has 10 nitrogen and oxygen atoms in total. The van der Waals surface area contributed by atoms with Gasteiger partial charge in [0.25, 0.3) is 15.9 Å². The molecule has 3 heterocycles. The molecule has 1 amide bonds. The van der Waals surface area contributed by atoms with Gasteiger partial charge in [-0.3, -0.25) is 14.7 Å². The highest BCUT2D eigenvalue weighted by atomic mass is 35.5. The third-order valence-corrected chi connectivity index (χ3v) is 8.75. The van der Waals surface area contributed by atoms with Gasteiger partial charge in [0.1, 0.15) is 5.75 Å². The Hall–Kier alpha value is -4.16. The number of rotatable bonds is 9. The van der Waals surface area contributed by atoms with Crippen molar-refractivity contribution in [2.24, 2.45) is 0 Å². The molecule has 44 heavy (non-hydrogen) atoms. The van der Waals surface area contributed by atoms with Crippen LogP contribution < -0.4 is 18.7 Å². The fraction of sp³-hybridized carbons (Fsp3) is 0.194. The number of nitrogens with zero attached hydrogens (tertiary/aromatic N) is 5. The van der Waals surface area contributed by atoms with E-state index < -0.39 is 15.9 Å². The molecule has 13 heteroatoms. The Balaban J connectivity index is 0.00000264. The average molecular weight is 659 g/mol. The van der Waals surface area contributed by atoms with Gasteiger partial charge in [-0.2, -0.15) is 4.73 Å². The van der Waals surface area contributed by atoms with Crippen LogP contribution in [-0.2, 0) is 14.8 Å². The van der Waals surface area contributed by atoms with Crippen molar-refractivity contribution in [1.82, 2.24) is 9.88 Å². The number of hydrogen-bond acceptors (Lipinski definition) is 8. The van der Waals surface area contributed by atoms with E-state index in [-0.39, 0.29) is 41.9 Å². The highest BCUT2D eigenvalue weighted by molar-refractivity contribution is 7.93. The highest BCUT2D eigenvalue weighted by Crippen LogP contribution is 2.30. The molecule has 0 bridgehead atoms. The van der Waals surface area contributed by atoms with Gasteiger partial charge in [-0.1, -0.05) is 30.4 Å². The first-order chi connectivity index (χ1) is 20.3. The molecule has 1 fully saturated rings. The predicted molar refractivity (Wildman–Crippen MR) is 176 cm³/mol. The van der Waals surface area contributed by atoms with E-state index in [0.29, 0.717) is 42.2 Å². The summed E-state index contributed by atoms with van der Waals surface area (Å²) in [5.74, 6) is -0.0579. The zero-order chi connectivity index (χ0) is 29.5. The van der Waals surface area contributed by atoms with Crippen LogP contribution in [0.2, 0.25) is 0 Å². The molecule has 1 saturated heterocycles. The van der Waals surface area contributed by atoms with Crippen molar-refractivity contribution in [3.05, 3.63) is 114 Å². The van der Waals surface area contributed by atoms with Crippen molar-refractivity contribution in [1.29, 1.82) is 0 Å². The molecule has 0 aliphatic carbocycles. The van der Waals surface area contributed by atoms with Gasteiger partial charge in [0, 0.05) is 44.5 Å². The molecule has 0 saturated carbocycles. The maximum Gasteiger partial charge on any atom is 0.270 e. The quantitative estimate of drug-likeness (QED) is 0.194. The molecule has 1 aliphatic heterocycles.